The summed E-state index contributed by atoms with van der Waals surface area (Å²) in [6.07, 6.45) is -2.37. The van der Waals surface area contributed by atoms with Crippen molar-refractivity contribution < 1.29 is 36.3 Å². The molecule has 0 saturated carbocycles. The summed E-state index contributed by atoms with van der Waals surface area (Å²) in [6.45, 7) is -0.658. The van der Waals surface area contributed by atoms with Crippen molar-refractivity contribution in [3.8, 4) is 11.8 Å². The van der Waals surface area contributed by atoms with Crippen LogP contribution in [-0.4, -0.2) is 64.1 Å². The molecule has 0 bridgehead atoms. The predicted molar refractivity (Wildman–Crippen MR) is 105 cm³/mol. The van der Waals surface area contributed by atoms with Gasteiger partial charge < -0.3 is 14.9 Å². The fraction of sp³-hybridized carbons (Fsp3) is 0.278. The minimum absolute atomic E-state index is 0.0640. The van der Waals surface area contributed by atoms with Crippen LogP contribution in [0.2, 0.25) is 0 Å². The van der Waals surface area contributed by atoms with Crippen molar-refractivity contribution in [2.75, 3.05) is 13.7 Å². The van der Waals surface area contributed by atoms with Gasteiger partial charge in [-0.25, -0.2) is 28.9 Å². The van der Waals surface area contributed by atoms with E-state index in [2.05, 4.69) is 31.0 Å². The van der Waals surface area contributed by atoms with Crippen LogP contribution in [0, 0.1) is 23.5 Å². The number of rotatable bonds is 7. The summed E-state index contributed by atoms with van der Waals surface area (Å²) in [5, 5.41) is 25.7. The second-order valence-corrected chi connectivity index (χ2v) is 7.60. The maximum absolute atomic E-state index is 13.8. The number of nitrogens with zero attached hydrogens (tertiary/aromatic N) is 4. The van der Waals surface area contributed by atoms with E-state index in [1.807, 2.05) is 0 Å². The quantitative estimate of drug-likeness (QED) is 0.391. The van der Waals surface area contributed by atoms with Gasteiger partial charge in [0.1, 0.15) is 41.4 Å². The van der Waals surface area contributed by atoms with Gasteiger partial charge >= 0.3 is 10.3 Å². The Hall–Kier alpha value is -3.06. The Morgan fingerprint density at radius 1 is 1.22 bits per heavy atom. The minimum Gasteiger partial charge on any atom is -0.386 e. The molecule has 4 N–H and O–H groups in total. The van der Waals surface area contributed by atoms with Crippen molar-refractivity contribution in [3.63, 3.8) is 0 Å². The van der Waals surface area contributed by atoms with Crippen molar-refractivity contribution in [1.82, 2.24) is 19.5 Å². The van der Waals surface area contributed by atoms with Gasteiger partial charge in [-0.1, -0.05) is 5.92 Å². The number of nitrogens with two attached hydrogens (primary N) is 1. The Balaban J connectivity index is 1.89. The van der Waals surface area contributed by atoms with Gasteiger partial charge in [0, 0.05) is 13.2 Å². The number of hydrogen-bond donors (Lipinski definition) is 3. The highest BCUT2D eigenvalue weighted by atomic mass is 32.2. The smallest absolute Gasteiger partial charge is 0.333 e. The number of fused-ring (bicyclic) bond motifs is 1. The Morgan fingerprint density at radius 3 is 2.62 bits per heavy atom. The van der Waals surface area contributed by atoms with Crippen LogP contribution in [0.5, 0.6) is 0 Å². The second-order valence-electron chi connectivity index (χ2n) is 6.38. The molecule has 3 rings (SSSR count). The molecule has 0 radical (unpaired) electrons. The van der Waals surface area contributed by atoms with Gasteiger partial charge in [0.2, 0.25) is 0 Å². The number of benzene rings is 1. The van der Waals surface area contributed by atoms with E-state index in [1.165, 1.54) is 13.2 Å². The maximum Gasteiger partial charge on any atom is 0.333 e. The third-order valence-electron chi connectivity index (χ3n) is 4.28. The third kappa shape index (κ3) is 5.40. The molecule has 32 heavy (non-hydrogen) atoms. The topological polar surface area (TPSA) is 163 Å². The first-order valence-corrected chi connectivity index (χ1v) is 10.3. The van der Waals surface area contributed by atoms with Crippen LogP contribution >= 0.6 is 0 Å². The van der Waals surface area contributed by atoms with Crippen LogP contribution in [0.1, 0.15) is 17.5 Å². The largest absolute Gasteiger partial charge is 0.386 e. The van der Waals surface area contributed by atoms with Crippen LogP contribution in [0.15, 0.2) is 30.9 Å². The Bertz CT molecular complexity index is 1290. The zero-order valence-electron chi connectivity index (χ0n) is 16.4. The zero-order chi connectivity index (χ0) is 23.5. The van der Waals surface area contributed by atoms with Crippen molar-refractivity contribution in [3.05, 3.63) is 53.7 Å². The van der Waals surface area contributed by atoms with Crippen LogP contribution in [0.4, 0.5) is 8.78 Å². The van der Waals surface area contributed by atoms with Crippen LogP contribution in [0.3, 0.4) is 0 Å². The molecule has 2 aromatic heterocycles. The molecule has 3 aromatic rings. The normalized spacial score (nSPS) is 14.6. The lowest BCUT2D eigenvalue weighted by Gasteiger charge is -2.25. The minimum atomic E-state index is -4.29. The van der Waals surface area contributed by atoms with Crippen LogP contribution < -0.4 is 5.14 Å². The number of aliphatic hydroxyl groups excluding tert-OH is 2. The first kappa shape index (κ1) is 23.6. The highest BCUT2D eigenvalue weighted by Gasteiger charge is 2.30. The van der Waals surface area contributed by atoms with Gasteiger partial charge in [0.05, 0.1) is 18.5 Å². The first-order valence-electron chi connectivity index (χ1n) is 8.81. The van der Waals surface area contributed by atoms with Crippen molar-refractivity contribution in [2.45, 2.75) is 18.4 Å². The monoisotopic (exact) mass is 469 g/mol. The van der Waals surface area contributed by atoms with E-state index in [4.69, 9.17) is 9.88 Å². The predicted octanol–water partition coefficient (Wildman–Crippen LogP) is -0.409. The summed E-state index contributed by atoms with van der Waals surface area (Å²) in [6, 6.07) is 2.92. The molecule has 0 saturated heterocycles. The van der Waals surface area contributed by atoms with Crippen LogP contribution in [-0.2, 0) is 19.2 Å². The SMILES string of the molecule is CO[C@H](COS(N)(=O)=O)[C@@H](O)[C@@H](O)n1cnc2c(C#Cc3ccc(F)cc3F)ncnc21. The summed E-state index contributed by atoms with van der Waals surface area (Å²) in [5.74, 6) is 3.54. The fourth-order valence-corrected chi connectivity index (χ4v) is 3.00. The lowest BCUT2D eigenvalue weighted by Crippen LogP contribution is -2.40. The number of imidazole rings is 1. The Labute approximate surface area is 180 Å². The molecule has 3 atom stereocenters. The van der Waals surface area contributed by atoms with Gasteiger partial charge in [-0.05, 0) is 18.1 Å². The molecule has 2 heterocycles. The summed E-state index contributed by atoms with van der Waals surface area (Å²) in [4.78, 5) is 12.0. The van der Waals surface area contributed by atoms with Gasteiger partial charge in [-0.2, -0.15) is 8.42 Å². The van der Waals surface area contributed by atoms with Gasteiger partial charge in [0.15, 0.2) is 11.9 Å². The second kappa shape index (κ2) is 9.61. The van der Waals surface area contributed by atoms with Crippen molar-refractivity contribution in [1.29, 1.82) is 0 Å². The van der Waals surface area contributed by atoms with E-state index in [9.17, 15) is 27.4 Å². The number of halogens is 2. The van der Waals surface area contributed by atoms with Gasteiger partial charge in [0.25, 0.3) is 0 Å². The van der Waals surface area contributed by atoms with E-state index in [1.54, 1.807) is 0 Å². The molecule has 0 spiro atoms. The Morgan fingerprint density at radius 2 is 1.97 bits per heavy atom. The van der Waals surface area contributed by atoms with E-state index in [0.29, 0.717) is 6.07 Å². The van der Waals surface area contributed by atoms with E-state index in [-0.39, 0.29) is 22.4 Å². The summed E-state index contributed by atoms with van der Waals surface area (Å²) < 4.78 is 59.2. The molecule has 11 nitrogen and oxygen atoms in total. The molecule has 0 aliphatic heterocycles. The lowest BCUT2D eigenvalue weighted by molar-refractivity contribution is -0.112. The fourth-order valence-electron chi connectivity index (χ4n) is 2.68. The molecule has 170 valence electrons. The number of ether oxygens (including phenoxy) is 1. The molecule has 0 aliphatic rings. The first-order chi connectivity index (χ1) is 15.1. The standard InChI is InChI=1S/C18H17F2N5O6S/c1-30-14(7-31-32(21,28)29)16(26)18(27)25-9-24-15-13(22-8-23-17(15)25)5-3-10-2-4-11(19)6-12(10)20/h2,4,6,8-9,14,16,18,26-27H,7H2,1H3,(H2,21,28,29)/t14-,16-,18-/m1/s1. The van der Waals surface area contributed by atoms with Gasteiger partial charge in [-0.3, -0.25) is 8.75 Å². The molecule has 14 heteroatoms. The molecule has 1 aromatic carbocycles. The summed E-state index contributed by atoms with van der Waals surface area (Å²) >= 11 is 0. The van der Waals surface area contributed by atoms with Crippen LogP contribution in [0.25, 0.3) is 11.2 Å². The molecule has 0 fully saturated rings. The molecular formula is C18H17F2N5O6S. The van der Waals surface area contributed by atoms with E-state index in [0.717, 1.165) is 23.3 Å². The summed E-state index contributed by atoms with van der Waals surface area (Å²) in [7, 11) is -3.12. The lowest BCUT2D eigenvalue weighted by atomic mass is 10.2. The number of aromatic nitrogens is 4. The average Bonchev–Trinajstić information content (AvgIpc) is 3.17. The summed E-state index contributed by atoms with van der Waals surface area (Å²) in [5.41, 5.74) is 0.215. The van der Waals surface area contributed by atoms with E-state index >= 15 is 0 Å². The third-order valence-corrected chi connectivity index (χ3v) is 4.74. The molecule has 0 aliphatic carbocycles. The number of hydrogen-bond acceptors (Lipinski definition) is 9. The molecule has 0 amide bonds. The Kier molecular flexibility index (Phi) is 7.09. The number of aliphatic hydroxyl groups is 2. The molecular weight excluding hydrogens is 452 g/mol. The van der Waals surface area contributed by atoms with Gasteiger partial charge in [-0.15, -0.1) is 0 Å². The maximum atomic E-state index is 13.8. The average molecular weight is 469 g/mol. The van der Waals surface area contributed by atoms with Crippen molar-refractivity contribution in [2.24, 2.45) is 5.14 Å². The van der Waals surface area contributed by atoms with E-state index < -0.39 is 47.0 Å². The molecule has 0 unspecified atom stereocenters. The number of methoxy groups -OCH3 is 1. The highest BCUT2D eigenvalue weighted by molar-refractivity contribution is 7.84. The highest BCUT2D eigenvalue weighted by Crippen LogP contribution is 2.21. The zero-order valence-corrected chi connectivity index (χ0v) is 17.2. The van der Waals surface area contributed by atoms with Crippen molar-refractivity contribution >= 4 is 21.5 Å².